The number of benzene rings is 1. The van der Waals surface area contributed by atoms with Crippen LogP contribution in [-0.4, -0.2) is 31.6 Å². The van der Waals surface area contributed by atoms with Gasteiger partial charge in [0.2, 0.25) is 0 Å². The summed E-state index contributed by atoms with van der Waals surface area (Å²) in [5.74, 6) is 1.14. The molecule has 0 fully saturated rings. The van der Waals surface area contributed by atoms with Gasteiger partial charge in [-0.1, -0.05) is 13.0 Å². The Kier molecular flexibility index (Phi) is 7.26. The molecule has 0 aliphatic heterocycles. The first-order valence-electron chi connectivity index (χ1n) is 6.75. The van der Waals surface area contributed by atoms with Gasteiger partial charge in [-0.25, -0.2) is 0 Å². The maximum Gasteiger partial charge on any atom is 0.0510 e. The van der Waals surface area contributed by atoms with E-state index < -0.39 is 0 Å². The summed E-state index contributed by atoms with van der Waals surface area (Å²) >= 11 is 5.60. The molecule has 108 valence electrons. The molecule has 0 amide bonds. The second-order valence-electron chi connectivity index (χ2n) is 4.91. The molecule has 0 spiro atoms. The summed E-state index contributed by atoms with van der Waals surface area (Å²) in [4.78, 5) is 2.34. The Morgan fingerprint density at radius 1 is 1.37 bits per heavy atom. The van der Waals surface area contributed by atoms with Gasteiger partial charge in [-0.15, -0.1) is 0 Å². The summed E-state index contributed by atoms with van der Waals surface area (Å²) in [5, 5.41) is 3.44. The van der Waals surface area contributed by atoms with Crippen LogP contribution in [0.5, 0.6) is 0 Å². The lowest BCUT2D eigenvalue weighted by molar-refractivity contribution is 0.598. The van der Waals surface area contributed by atoms with E-state index in [1.165, 1.54) is 15.7 Å². The van der Waals surface area contributed by atoms with Gasteiger partial charge in [0, 0.05) is 29.4 Å². The van der Waals surface area contributed by atoms with Gasteiger partial charge in [0.1, 0.15) is 0 Å². The maximum absolute atomic E-state index is 3.71. The van der Waals surface area contributed by atoms with E-state index in [1.54, 1.807) is 0 Å². The lowest BCUT2D eigenvalue weighted by atomic mass is 10.1. The van der Waals surface area contributed by atoms with Crippen LogP contribution in [-0.2, 0) is 0 Å². The summed E-state index contributed by atoms with van der Waals surface area (Å²) in [6.07, 6.45) is 2.15. The van der Waals surface area contributed by atoms with Crippen LogP contribution in [0.3, 0.4) is 0 Å². The standard InChI is InChI=1S/C15H25BrN2S/c1-6-17-12(3)13-7-8-15(14(16)9-13)18(4)11(2)10-19-5/h7-9,11-12,17H,6,10H2,1-5H3. The first-order valence-corrected chi connectivity index (χ1v) is 8.94. The van der Waals surface area contributed by atoms with Crippen LogP contribution in [0.1, 0.15) is 32.4 Å². The zero-order valence-corrected chi connectivity index (χ0v) is 14.9. The molecule has 2 nitrogen and oxygen atoms in total. The first kappa shape index (κ1) is 16.9. The minimum atomic E-state index is 0.393. The molecule has 1 aromatic rings. The molecule has 0 aromatic heterocycles. The second-order valence-corrected chi connectivity index (χ2v) is 6.67. The van der Waals surface area contributed by atoms with Crippen LogP contribution < -0.4 is 10.2 Å². The fourth-order valence-corrected chi connectivity index (χ4v) is 3.48. The third kappa shape index (κ3) is 4.69. The van der Waals surface area contributed by atoms with Crippen molar-refractivity contribution in [3.63, 3.8) is 0 Å². The molecular formula is C15H25BrN2S. The number of nitrogens with one attached hydrogen (secondary N) is 1. The molecule has 0 bridgehead atoms. The third-order valence-corrected chi connectivity index (χ3v) is 4.88. The van der Waals surface area contributed by atoms with Crippen molar-refractivity contribution in [1.29, 1.82) is 0 Å². The number of thioether (sulfide) groups is 1. The Hall–Kier alpha value is -0.190. The van der Waals surface area contributed by atoms with E-state index in [0.29, 0.717) is 12.1 Å². The fourth-order valence-electron chi connectivity index (χ4n) is 2.09. The largest absolute Gasteiger partial charge is 0.370 e. The van der Waals surface area contributed by atoms with Crippen molar-refractivity contribution in [2.45, 2.75) is 32.9 Å². The zero-order chi connectivity index (χ0) is 14.4. The van der Waals surface area contributed by atoms with Gasteiger partial charge in [-0.05, 0) is 60.3 Å². The average molecular weight is 345 g/mol. The Labute approximate surface area is 130 Å². The zero-order valence-electron chi connectivity index (χ0n) is 12.5. The van der Waals surface area contributed by atoms with Crippen molar-refractivity contribution in [2.24, 2.45) is 0 Å². The van der Waals surface area contributed by atoms with Gasteiger partial charge < -0.3 is 10.2 Å². The van der Waals surface area contributed by atoms with Crippen molar-refractivity contribution in [1.82, 2.24) is 5.32 Å². The van der Waals surface area contributed by atoms with Crippen LogP contribution >= 0.6 is 27.7 Å². The molecule has 0 aliphatic rings. The van der Waals surface area contributed by atoms with Gasteiger partial charge in [-0.3, -0.25) is 0 Å². The van der Waals surface area contributed by atoms with E-state index in [9.17, 15) is 0 Å². The highest BCUT2D eigenvalue weighted by molar-refractivity contribution is 9.10. The predicted molar refractivity (Wildman–Crippen MR) is 92.5 cm³/mol. The second kappa shape index (κ2) is 8.18. The Balaban J connectivity index is 2.87. The van der Waals surface area contributed by atoms with Crippen LogP contribution in [0.25, 0.3) is 0 Å². The quantitative estimate of drug-likeness (QED) is 0.793. The number of anilines is 1. The van der Waals surface area contributed by atoms with Crippen LogP contribution in [0.4, 0.5) is 5.69 Å². The summed E-state index contributed by atoms with van der Waals surface area (Å²) < 4.78 is 1.17. The maximum atomic E-state index is 3.71. The molecule has 1 rings (SSSR count). The lowest BCUT2D eigenvalue weighted by Gasteiger charge is -2.28. The number of hydrogen-bond acceptors (Lipinski definition) is 3. The van der Waals surface area contributed by atoms with Crippen LogP contribution in [0.15, 0.2) is 22.7 Å². The van der Waals surface area contributed by atoms with E-state index >= 15 is 0 Å². The first-order chi connectivity index (χ1) is 9.01. The molecule has 0 saturated carbocycles. The molecule has 0 aliphatic carbocycles. The summed E-state index contributed by atoms with van der Waals surface area (Å²) in [6.45, 7) is 7.59. The minimum absolute atomic E-state index is 0.393. The molecule has 0 heterocycles. The summed E-state index contributed by atoms with van der Waals surface area (Å²) in [7, 11) is 2.16. The SMILES string of the molecule is CCNC(C)c1ccc(N(C)C(C)CSC)c(Br)c1. The molecule has 1 N–H and O–H groups in total. The Morgan fingerprint density at radius 2 is 2.05 bits per heavy atom. The fraction of sp³-hybridized carbons (Fsp3) is 0.600. The highest BCUT2D eigenvalue weighted by atomic mass is 79.9. The van der Waals surface area contributed by atoms with E-state index in [4.69, 9.17) is 0 Å². The van der Waals surface area contributed by atoms with Crippen LogP contribution in [0.2, 0.25) is 0 Å². The molecule has 19 heavy (non-hydrogen) atoms. The lowest BCUT2D eigenvalue weighted by Crippen LogP contribution is -2.31. The van der Waals surface area contributed by atoms with E-state index in [1.807, 2.05) is 11.8 Å². The van der Waals surface area contributed by atoms with Gasteiger partial charge in [0.25, 0.3) is 0 Å². The van der Waals surface area contributed by atoms with Gasteiger partial charge in [0.15, 0.2) is 0 Å². The minimum Gasteiger partial charge on any atom is -0.370 e. The molecule has 2 atom stereocenters. The van der Waals surface area contributed by atoms with E-state index in [0.717, 1.165) is 12.3 Å². The van der Waals surface area contributed by atoms with E-state index in [2.05, 4.69) is 78.4 Å². The van der Waals surface area contributed by atoms with Gasteiger partial charge >= 0.3 is 0 Å². The highest BCUT2D eigenvalue weighted by Crippen LogP contribution is 2.30. The Morgan fingerprint density at radius 3 is 2.58 bits per heavy atom. The van der Waals surface area contributed by atoms with E-state index in [-0.39, 0.29) is 0 Å². The molecular weight excluding hydrogens is 320 g/mol. The topological polar surface area (TPSA) is 15.3 Å². The van der Waals surface area contributed by atoms with Crippen molar-refractivity contribution in [2.75, 3.05) is 30.5 Å². The predicted octanol–water partition coefficient (Wildman–Crippen LogP) is 4.31. The Bertz CT molecular complexity index is 398. The van der Waals surface area contributed by atoms with Crippen molar-refractivity contribution >= 4 is 33.4 Å². The normalized spacial score (nSPS) is 14.2. The van der Waals surface area contributed by atoms with Crippen molar-refractivity contribution in [3.8, 4) is 0 Å². The molecule has 0 radical (unpaired) electrons. The third-order valence-electron chi connectivity index (χ3n) is 3.43. The number of nitrogens with zero attached hydrogens (tertiary/aromatic N) is 1. The average Bonchev–Trinajstić information content (AvgIpc) is 2.38. The smallest absolute Gasteiger partial charge is 0.0510 e. The molecule has 2 unspecified atom stereocenters. The summed E-state index contributed by atoms with van der Waals surface area (Å²) in [5.41, 5.74) is 2.58. The molecule has 0 saturated heterocycles. The highest BCUT2D eigenvalue weighted by Gasteiger charge is 2.14. The monoisotopic (exact) mass is 344 g/mol. The van der Waals surface area contributed by atoms with Gasteiger partial charge in [-0.2, -0.15) is 11.8 Å². The van der Waals surface area contributed by atoms with Crippen molar-refractivity contribution in [3.05, 3.63) is 28.2 Å². The number of hydrogen-bond donors (Lipinski definition) is 1. The van der Waals surface area contributed by atoms with Gasteiger partial charge in [0.05, 0.1) is 5.69 Å². The van der Waals surface area contributed by atoms with Crippen LogP contribution in [0, 0.1) is 0 Å². The number of rotatable bonds is 7. The molecule has 4 heteroatoms. The van der Waals surface area contributed by atoms with Crippen molar-refractivity contribution < 1.29 is 0 Å². The summed E-state index contributed by atoms with van der Waals surface area (Å²) in [6, 6.07) is 7.58. The molecule has 1 aromatic carbocycles. The number of halogens is 1.